The third-order valence-corrected chi connectivity index (χ3v) is 15.0. The minimum absolute atomic E-state index is 0.0181. The lowest BCUT2D eigenvalue weighted by Crippen LogP contribution is -2.66. The molecule has 1 saturated heterocycles. The largest absolute Gasteiger partial charge is 0.384 e. The first-order valence-electron chi connectivity index (χ1n) is 17.3. The van der Waals surface area contributed by atoms with E-state index in [9.17, 15) is 5.21 Å². The van der Waals surface area contributed by atoms with Crippen molar-refractivity contribution < 1.29 is 19.5 Å². The van der Waals surface area contributed by atoms with Crippen LogP contribution < -0.4 is 0 Å². The third kappa shape index (κ3) is 3.88. The molecule has 0 aromatic rings. The summed E-state index contributed by atoms with van der Waals surface area (Å²) in [5, 5.41) is 11.4. The van der Waals surface area contributed by atoms with Crippen molar-refractivity contribution in [3.63, 3.8) is 0 Å². The Morgan fingerprint density at radius 1 is 1.02 bits per heavy atom. The maximum atomic E-state index is 10.4. The second-order valence-electron chi connectivity index (χ2n) is 16.9. The van der Waals surface area contributed by atoms with Crippen molar-refractivity contribution in [1.82, 2.24) is 5.23 Å². The van der Waals surface area contributed by atoms with Crippen molar-refractivity contribution in [3.05, 3.63) is 36.1 Å². The van der Waals surface area contributed by atoms with Gasteiger partial charge in [0.2, 0.25) is 0 Å². The van der Waals surface area contributed by atoms with Gasteiger partial charge in [-0.1, -0.05) is 45.9 Å². The highest BCUT2D eigenvalue weighted by molar-refractivity contribution is 5.32. The Labute approximate surface area is 255 Å². The van der Waals surface area contributed by atoms with Gasteiger partial charge in [0.15, 0.2) is 6.29 Å². The highest BCUT2D eigenvalue weighted by Crippen LogP contribution is 2.78. The van der Waals surface area contributed by atoms with Crippen LogP contribution in [0.3, 0.4) is 0 Å². The van der Waals surface area contributed by atoms with Crippen molar-refractivity contribution >= 4 is 0 Å². The zero-order valence-corrected chi connectivity index (χ0v) is 27.2. The second-order valence-corrected chi connectivity index (χ2v) is 16.9. The van der Waals surface area contributed by atoms with Crippen LogP contribution in [0.1, 0.15) is 112 Å². The molecule has 0 radical (unpaired) electrons. The summed E-state index contributed by atoms with van der Waals surface area (Å²) >= 11 is 0. The second kappa shape index (κ2) is 9.93. The smallest absolute Gasteiger partial charge is 0.157 e. The molecule has 7 rings (SSSR count). The van der Waals surface area contributed by atoms with E-state index in [1.807, 2.05) is 0 Å². The van der Waals surface area contributed by atoms with Crippen molar-refractivity contribution in [3.8, 4) is 0 Å². The predicted molar refractivity (Wildman–Crippen MR) is 165 cm³/mol. The number of hydrogen-bond donors (Lipinski definition) is 1. The normalized spacial score (nSPS) is 49.7. The molecule has 0 aromatic heterocycles. The quantitative estimate of drug-likeness (QED) is 0.330. The number of nitrogens with zero attached hydrogens (tertiary/aromatic N) is 1. The van der Waals surface area contributed by atoms with Gasteiger partial charge in [0.25, 0.3) is 0 Å². The summed E-state index contributed by atoms with van der Waals surface area (Å²) in [6.07, 6.45) is 16.9. The highest BCUT2D eigenvalue weighted by Gasteiger charge is 2.72. The van der Waals surface area contributed by atoms with Crippen LogP contribution >= 0.6 is 0 Å². The Hall–Kier alpha value is -1.14. The van der Waals surface area contributed by atoms with Crippen molar-refractivity contribution in [1.29, 1.82) is 0 Å². The van der Waals surface area contributed by atoms with E-state index in [4.69, 9.17) is 20.9 Å². The SMILES string of the molecule is C=C[C@@]12CC[C@@]3(COC4CCCCO4)CC[C@@H](C(=C)C)[C@@H]3[C@H]1CC[C@@H]1[C@@]3(C)CC4=C(ON(O)C4)C(C)(C)[C@@H]3CC[C@]12C. The summed E-state index contributed by atoms with van der Waals surface area (Å²) in [7, 11) is 0. The molecule has 0 spiro atoms. The van der Waals surface area contributed by atoms with E-state index in [0.29, 0.717) is 36.1 Å². The zero-order chi connectivity index (χ0) is 29.7. The van der Waals surface area contributed by atoms with E-state index in [2.05, 4.69) is 47.3 Å². The van der Waals surface area contributed by atoms with Crippen LogP contribution in [-0.4, -0.2) is 36.5 Å². The summed E-state index contributed by atoms with van der Waals surface area (Å²) in [6, 6.07) is 0. The third-order valence-electron chi connectivity index (χ3n) is 15.0. The number of allylic oxidation sites excluding steroid dienone is 3. The Kier molecular flexibility index (Phi) is 6.99. The monoisotopic (exact) mass is 579 g/mol. The molecule has 5 fully saturated rings. The molecule has 5 aliphatic carbocycles. The van der Waals surface area contributed by atoms with Crippen LogP contribution in [0, 0.1) is 56.7 Å². The average Bonchev–Trinajstić information content (AvgIpc) is 3.53. The lowest BCUT2D eigenvalue weighted by Gasteiger charge is -2.72. The van der Waals surface area contributed by atoms with Crippen molar-refractivity contribution in [2.75, 3.05) is 19.8 Å². The van der Waals surface area contributed by atoms with Crippen LogP contribution in [-0.2, 0) is 14.3 Å². The fourth-order valence-electron chi connectivity index (χ4n) is 13.4. The molecule has 0 bridgehead atoms. The van der Waals surface area contributed by atoms with E-state index in [1.54, 1.807) is 0 Å². The Morgan fingerprint density at radius 3 is 2.55 bits per heavy atom. The Morgan fingerprint density at radius 2 is 1.83 bits per heavy atom. The lowest BCUT2D eigenvalue weighted by molar-refractivity contribution is -0.308. The first kappa shape index (κ1) is 29.6. The number of hydroxylamine groups is 2. The minimum atomic E-state index is -0.0733. The minimum Gasteiger partial charge on any atom is -0.384 e. The molecule has 42 heavy (non-hydrogen) atoms. The molecular formula is C37H57NO4. The van der Waals surface area contributed by atoms with Gasteiger partial charge in [-0.3, -0.25) is 5.21 Å². The van der Waals surface area contributed by atoms with Crippen molar-refractivity contribution in [2.45, 2.75) is 118 Å². The maximum absolute atomic E-state index is 10.4. The Bertz CT molecular complexity index is 1150. The van der Waals surface area contributed by atoms with Gasteiger partial charge in [0.05, 0.1) is 13.2 Å². The van der Waals surface area contributed by atoms with Gasteiger partial charge in [-0.05, 0) is 146 Å². The molecule has 2 heterocycles. The average molecular weight is 580 g/mol. The van der Waals surface area contributed by atoms with Crippen LogP contribution in [0.5, 0.6) is 0 Å². The first-order chi connectivity index (χ1) is 19.9. The van der Waals surface area contributed by atoms with Gasteiger partial charge < -0.3 is 14.3 Å². The van der Waals surface area contributed by atoms with E-state index >= 15 is 0 Å². The highest BCUT2D eigenvalue weighted by atomic mass is 16.9. The number of fused-ring (bicyclic) bond motifs is 7. The fourth-order valence-corrected chi connectivity index (χ4v) is 13.4. The number of rotatable bonds is 5. The van der Waals surface area contributed by atoms with Gasteiger partial charge in [-0.25, -0.2) is 0 Å². The molecular weight excluding hydrogens is 522 g/mol. The van der Waals surface area contributed by atoms with Crippen LogP contribution in [0.2, 0.25) is 0 Å². The molecule has 7 aliphatic rings. The summed E-state index contributed by atoms with van der Waals surface area (Å²) in [4.78, 5) is 5.95. The van der Waals surface area contributed by atoms with Crippen LogP contribution in [0.25, 0.3) is 0 Å². The Balaban J connectivity index is 1.24. The van der Waals surface area contributed by atoms with Crippen LogP contribution in [0.4, 0.5) is 0 Å². The zero-order valence-electron chi connectivity index (χ0n) is 27.2. The lowest BCUT2D eigenvalue weighted by atomic mass is 9.32. The molecule has 5 nitrogen and oxygen atoms in total. The maximum Gasteiger partial charge on any atom is 0.157 e. The number of hydrogen-bond acceptors (Lipinski definition) is 5. The summed E-state index contributed by atoms with van der Waals surface area (Å²) < 4.78 is 12.7. The summed E-state index contributed by atoms with van der Waals surface area (Å²) in [6.45, 7) is 23.8. The molecule has 4 saturated carbocycles. The van der Waals surface area contributed by atoms with Gasteiger partial charge in [0, 0.05) is 12.0 Å². The summed E-state index contributed by atoms with van der Waals surface area (Å²) in [5.74, 6) is 4.03. The summed E-state index contributed by atoms with van der Waals surface area (Å²) in [5.41, 5.74) is 3.37. The first-order valence-corrected chi connectivity index (χ1v) is 17.3. The molecule has 10 atom stereocenters. The number of ether oxygens (including phenoxy) is 2. The molecule has 1 N–H and O–H groups in total. The fraction of sp³-hybridized carbons (Fsp3) is 0.838. The van der Waals surface area contributed by atoms with E-state index in [-0.39, 0.29) is 33.4 Å². The van der Waals surface area contributed by atoms with Gasteiger partial charge >= 0.3 is 0 Å². The molecule has 5 heteroatoms. The molecule has 1 unspecified atom stereocenters. The molecule has 2 aliphatic heterocycles. The molecule has 0 amide bonds. The van der Waals surface area contributed by atoms with E-state index < -0.39 is 0 Å². The standard InChI is InChI=1S/C37H57NO4/c1-8-37-19-18-36(23-41-30-11-9-10-20-40-30)17-14-26(24(2)3)31(36)27(37)12-13-29-34(6)21-25-22-38(39)42-32(25)33(4,5)28(34)15-16-35(29,37)7/h8,26-31,39H,1-2,9-23H2,3-7H3/t26-,27+,28-,29+,30?,31+,34-,35+,36+,37+/m0/s1. The molecule has 0 aromatic carbocycles. The van der Waals surface area contributed by atoms with Crippen molar-refractivity contribution in [2.24, 2.45) is 56.7 Å². The van der Waals surface area contributed by atoms with E-state index in [1.165, 1.54) is 68.9 Å². The molecule has 234 valence electrons. The van der Waals surface area contributed by atoms with Gasteiger partial charge in [-0.15, -0.1) is 6.58 Å². The predicted octanol–water partition coefficient (Wildman–Crippen LogP) is 8.85. The van der Waals surface area contributed by atoms with Crippen LogP contribution in [0.15, 0.2) is 36.1 Å². The van der Waals surface area contributed by atoms with Gasteiger partial charge in [0.1, 0.15) is 5.76 Å². The topological polar surface area (TPSA) is 51.2 Å². The van der Waals surface area contributed by atoms with E-state index in [0.717, 1.165) is 43.5 Å². The van der Waals surface area contributed by atoms with Gasteiger partial charge in [-0.2, -0.15) is 0 Å².